The molecule has 2 aromatic rings. The molecule has 0 amide bonds. The van der Waals surface area contributed by atoms with Gasteiger partial charge in [-0.05, 0) is 75.6 Å². The van der Waals surface area contributed by atoms with Crippen LogP contribution in [0.2, 0.25) is 0 Å². The zero-order chi connectivity index (χ0) is 22.6. The van der Waals surface area contributed by atoms with E-state index in [1.54, 1.807) is 4.57 Å². The number of ether oxygens (including phenoxy) is 1. The van der Waals surface area contributed by atoms with Crippen LogP contribution in [0.3, 0.4) is 0 Å². The molecule has 0 atom stereocenters. The molecule has 0 unspecified atom stereocenters. The van der Waals surface area contributed by atoms with E-state index in [9.17, 15) is 4.79 Å². The van der Waals surface area contributed by atoms with E-state index in [1.165, 1.54) is 12.8 Å². The predicted octanol–water partition coefficient (Wildman–Crippen LogP) is 3.05. The topological polar surface area (TPSA) is 62.9 Å². The van der Waals surface area contributed by atoms with Gasteiger partial charge in [-0.2, -0.15) is 0 Å². The second-order valence-corrected chi connectivity index (χ2v) is 9.94. The molecule has 2 aliphatic carbocycles. The van der Waals surface area contributed by atoms with Gasteiger partial charge < -0.3 is 9.84 Å². The van der Waals surface area contributed by atoms with Crippen LogP contribution >= 0.6 is 0 Å². The van der Waals surface area contributed by atoms with Crippen molar-refractivity contribution in [2.45, 2.75) is 69.6 Å². The van der Waals surface area contributed by atoms with E-state index >= 15 is 0 Å². The van der Waals surface area contributed by atoms with Crippen molar-refractivity contribution in [3.8, 4) is 11.4 Å². The van der Waals surface area contributed by atoms with Crippen LogP contribution in [-0.4, -0.2) is 75.5 Å². The molecule has 2 heterocycles. The van der Waals surface area contributed by atoms with Crippen molar-refractivity contribution in [1.82, 2.24) is 18.9 Å². The lowest BCUT2D eigenvalue weighted by molar-refractivity contribution is 0.0632. The molecular weight excluding hydrogens is 416 g/mol. The summed E-state index contributed by atoms with van der Waals surface area (Å²) in [4.78, 5) is 18.1. The molecule has 0 radical (unpaired) electrons. The Morgan fingerprint density at radius 3 is 2.18 bits per heavy atom. The number of aliphatic hydroxyl groups excluding tert-OH is 1. The number of rotatable bonds is 7. The van der Waals surface area contributed by atoms with Gasteiger partial charge in [-0.3, -0.25) is 18.9 Å². The van der Waals surface area contributed by atoms with Crippen LogP contribution in [0.1, 0.15) is 57.4 Å². The number of nitrogens with zero attached hydrogens (tertiary/aromatic N) is 4. The molecular formula is C26H38N4O3. The van der Waals surface area contributed by atoms with Gasteiger partial charge in [-0.25, -0.2) is 4.79 Å². The van der Waals surface area contributed by atoms with Gasteiger partial charge in [0.1, 0.15) is 5.75 Å². The van der Waals surface area contributed by atoms with Crippen molar-refractivity contribution in [2.24, 2.45) is 0 Å². The average molecular weight is 455 g/mol. The second-order valence-electron chi connectivity index (χ2n) is 9.94. The summed E-state index contributed by atoms with van der Waals surface area (Å²) in [6.07, 6.45) is 13.4. The predicted molar refractivity (Wildman–Crippen MR) is 129 cm³/mol. The number of piperazine rings is 1. The van der Waals surface area contributed by atoms with Gasteiger partial charge in [-0.15, -0.1) is 0 Å². The first-order valence-corrected chi connectivity index (χ1v) is 12.8. The number of aromatic nitrogens is 2. The lowest BCUT2D eigenvalue weighted by Gasteiger charge is -2.42. The van der Waals surface area contributed by atoms with Crippen molar-refractivity contribution in [2.75, 3.05) is 39.3 Å². The zero-order valence-electron chi connectivity index (χ0n) is 19.6. The molecule has 1 N–H and O–H groups in total. The maximum Gasteiger partial charge on any atom is 0.332 e. The monoisotopic (exact) mass is 454 g/mol. The van der Waals surface area contributed by atoms with Crippen LogP contribution in [-0.2, 0) is 0 Å². The largest absolute Gasteiger partial charge is 0.490 e. The lowest BCUT2D eigenvalue weighted by Crippen LogP contribution is -2.51. The molecule has 5 rings (SSSR count). The van der Waals surface area contributed by atoms with Gasteiger partial charge >= 0.3 is 5.69 Å². The maximum atomic E-state index is 13.2. The summed E-state index contributed by atoms with van der Waals surface area (Å²) in [6, 6.07) is 8.87. The van der Waals surface area contributed by atoms with E-state index in [4.69, 9.17) is 9.84 Å². The summed E-state index contributed by atoms with van der Waals surface area (Å²) in [5, 5.41) is 9.14. The lowest BCUT2D eigenvalue weighted by atomic mass is 9.89. The van der Waals surface area contributed by atoms with Crippen molar-refractivity contribution < 1.29 is 9.84 Å². The summed E-state index contributed by atoms with van der Waals surface area (Å²) in [6.45, 7) is 5.31. The Morgan fingerprint density at radius 2 is 1.52 bits per heavy atom. The SMILES string of the molecule is O=c1n(-c2ccc(OC3CCCC3)cc2)ccn1C1CCC(N2CCN(CCO)CC2)CC1. The molecule has 0 spiro atoms. The minimum atomic E-state index is 0.0560. The van der Waals surface area contributed by atoms with Crippen LogP contribution < -0.4 is 10.4 Å². The summed E-state index contributed by atoms with van der Waals surface area (Å²) in [7, 11) is 0. The Kier molecular flexibility index (Phi) is 7.19. The number of benzene rings is 1. The van der Waals surface area contributed by atoms with Gasteiger partial charge in [0.2, 0.25) is 0 Å². The molecule has 180 valence electrons. The van der Waals surface area contributed by atoms with Gasteiger partial charge in [0.15, 0.2) is 0 Å². The van der Waals surface area contributed by atoms with Gasteiger partial charge in [0, 0.05) is 57.2 Å². The molecule has 1 saturated heterocycles. The minimum Gasteiger partial charge on any atom is -0.490 e. The molecule has 1 aromatic carbocycles. The third kappa shape index (κ3) is 5.20. The van der Waals surface area contributed by atoms with Crippen molar-refractivity contribution in [3.05, 3.63) is 47.1 Å². The second kappa shape index (κ2) is 10.5. The fourth-order valence-electron chi connectivity index (χ4n) is 5.94. The standard InChI is InChI=1S/C26H38N4O3/c31-20-19-27-13-15-28(16-14-27)21-5-7-22(8-6-21)29-17-18-30(26(29)32)23-9-11-25(12-10-23)33-24-3-1-2-4-24/h9-12,17-18,21-22,24,31H,1-8,13-16,19-20H2. The molecule has 3 fully saturated rings. The normalized spacial score (nSPS) is 25.5. The first-order valence-electron chi connectivity index (χ1n) is 12.8. The molecule has 3 aliphatic rings. The number of imidazole rings is 1. The van der Waals surface area contributed by atoms with Crippen molar-refractivity contribution >= 4 is 0 Å². The summed E-state index contributed by atoms with van der Waals surface area (Å²) in [5.41, 5.74) is 0.951. The van der Waals surface area contributed by atoms with Gasteiger partial charge in [-0.1, -0.05) is 0 Å². The summed E-state index contributed by atoms with van der Waals surface area (Å²) >= 11 is 0. The van der Waals surface area contributed by atoms with Crippen LogP contribution in [0, 0.1) is 0 Å². The van der Waals surface area contributed by atoms with Crippen LogP contribution in [0.4, 0.5) is 0 Å². The number of β-amino-alcohol motifs (C(OH)–C–C–N with tert-alkyl or cyclic N) is 1. The Balaban J connectivity index is 1.17. The molecule has 1 aromatic heterocycles. The van der Waals surface area contributed by atoms with Crippen molar-refractivity contribution in [1.29, 1.82) is 0 Å². The Morgan fingerprint density at radius 1 is 0.848 bits per heavy atom. The molecule has 7 heteroatoms. The third-order valence-electron chi connectivity index (χ3n) is 7.92. The fourth-order valence-corrected chi connectivity index (χ4v) is 5.94. The number of hydrogen-bond acceptors (Lipinski definition) is 5. The van der Waals surface area contributed by atoms with Crippen LogP contribution in [0.25, 0.3) is 5.69 Å². The Hall–Kier alpha value is -2.09. The van der Waals surface area contributed by atoms with Gasteiger partial charge in [0.05, 0.1) is 18.4 Å². The maximum absolute atomic E-state index is 13.2. The molecule has 2 saturated carbocycles. The Labute approximate surface area is 196 Å². The molecule has 33 heavy (non-hydrogen) atoms. The van der Waals surface area contributed by atoms with E-state index in [0.717, 1.165) is 82.7 Å². The van der Waals surface area contributed by atoms with E-state index in [-0.39, 0.29) is 18.3 Å². The smallest absolute Gasteiger partial charge is 0.332 e. The highest BCUT2D eigenvalue weighted by atomic mass is 16.5. The summed E-state index contributed by atoms with van der Waals surface area (Å²) in [5.74, 6) is 0.897. The fraction of sp³-hybridized carbons (Fsp3) is 0.654. The quantitative estimate of drug-likeness (QED) is 0.697. The van der Waals surface area contributed by atoms with E-state index in [0.29, 0.717) is 12.1 Å². The third-order valence-corrected chi connectivity index (χ3v) is 7.92. The molecule has 0 bridgehead atoms. The highest BCUT2D eigenvalue weighted by Crippen LogP contribution is 2.31. The highest BCUT2D eigenvalue weighted by Gasteiger charge is 2.29. The van der Waals surface area contributed by atoms with E-state index in [1.807, 2.05) is 41.2 Å². The minimum absolute atomic E-state index is 0.0560. The molecule has 7 nitrogen and oxygen atoms in total. The Bertz CT molecular complexity index is 931. The highest BCUT2D eigenvalue weighted by molar-refractivity contribution is 5.37. The zero-order valence-corrected chi connectivity index (χ0v) is 19.6. The van der Waals surface area contributed by atoms with Crippen LogP contribution in [0.15, 0.2) is 41.5 Å². The average Bonchev–Trinajstić information content (AvgIpc) is 3.50. The van der Waals surface area contributed by atoms with E-state index < -0.39 is 0 Å². The van der Waals surface area contributed by atoms with Gasteiger partial charge in [0.25, 0.3) is 0 Å². The number of aliphatic hydroxyl groups is 1. The first-order chi connectivity index (χ1) is 16.2. The first kappa shape index (κ1) is 22.7. The summed E-state index contributed by atoms with van der Waals surface area (Å²) < 4.78 is 9.76. The van der Waals surface area contributed by atoms with Crippen molar-refractivity contribution in [3.63, 3.8) is 0 Å². The molecule has 1 aliphatic heterocycles. The van der Waals surface area contributed by atoms with Crippen LogP contribution in [0.5, 0.6) is 5.75 Å². The van der Waals surface area contributed by atoms with E-state index in [2.05, 4.69) is 9.80 Å². The number of hydrogen-bond donors (Lipinski definition) is 1.